The Labute approximate surface area is 93.9 Å². The van der Waals surface area contributed by atoms with E-state index in [0.29, 0.717) is 0 Å². The van der Waals surface area contributed by atoms with E-state index in [1.54, 1.807) is 4.90 Å². The van der Waals surface area contributed by atoms with Gasteiger partial charge < -0.3 is 16.3 Å². The number of ketones is 1. The maximum Gasteiger partial charge on any atom is 0.219 e. The van der Waals surface area contributed by atoms with Crippen molar-refractivity contribution in [1.82, 2.24) is 4.90 Å². The van der Waals surface area contributed by atoms with Crippen LogP contribution < -0.4 is 11.5 Å². The second-order valence-electron chi connectivity index (χ2n) is 4.06. The standard InChI is InChI=1S/C10H17N3O3/c11-8(4-10(12)16)9(15)5-13-3-1-2-7(13)6-14/h6-8H,1-5,11H2,(H2,12,16)/t7-,8-/m0/s1. The first-order valence-corrected chi connectivity index (χ1v) is 5.30. The lowest BCUT2D eigenvalue weighted by molar-refractivity contribution is -0.126. The fourth-order valence-electron chi connectivity index (χ4n) is 1.85. The van der Waals surface area contributed by atoms with Gasteiger partial charge in [-0.2, -0.15) is 0 Å². The van der Waals surface area contributed by atoms with Gasteiger partial charge in [0, 0.05) is 6.42 Å². The number of nitrogens with two attached hydrogens (primary N) is 2. The van der Waals surface area contributed by atoms with E-state index in [4.69, 9.17) is 11.5 Å². The third kappa shape index (κ3) is 3.39. The number of carbonyl (C=O) groups excluding carboxylic acids is 3. The summed E-state index contributed by atoms with van der Waals surface area (Å²) in [6.07, 6.45) is 2.39. The summed E-state index contributed by atoms with van der Waals surface area (Å²) in [5, 5.41) is 0. The average Bonchev–Trinajstić information content (AvgIpc) is 2.64. The maximum absolute atomic E-state index is 11.6. The van der Waals surface area contributed by atoms with E-state index in [1.165, 1.54) is 0 Å². The minimum Gasteiger partial charge on any atom is -0.370 e. The highest BCUT2D eigenvalue weighted by Gasteiger charge is 2.27. The van der Waals surface area contributed by atoms with Crippen LogP contribution in [0.3, 0.4) is 0 Å². The Morgan fingerprint density at radius 1 is 1.50 bits per heavy atom. The van der Waals surface area contributed by atoms with Gasteiger partial charge in [0.1, 0.15) is 6.29 Å². The van der Waals surface area contributed by atoms with Crippen molar-refractivity contribution in [2.24, 2.45) is 11.5 Å². The second-order valence-corrected chi connectivity index (χ2v) is 4.06. The molecule has 0 unspecified atom stereocenters. The summed E-state index contributed by atoms with van der Waals surface area (Å²) in [6.45, 7) is 0.844. The van der Waals surface area contributed by atoms with Crippen LogP contribution in [0.5, 0.6) is 0 Å². The van der Waals surface area contributed by atoms with Crippen LogP contribution in [0, 0.1) is 0 Å². The van der Waals surface area contributed by atoms with Crippen molar-refractivity contribution < 1.29 is 14.4 Å². The number of hydrogen-bond donors (Lipinski definition) is 2. The van der Waals surface area contributed by atoms with E-state index < -0.39 is 11.9 Å². The summed E-state index contributed by atoms with van der Waals surface area (Å²) in [7, 11) is 0. The molecular formula is C10H17N3O3. The molecule has 1 aliphatic rings. The monoisotopic (exact) mass is 227 g/mol. The van der Waals surface area contributed by atoms with Gasteiger partial charge in [-0.25, -0.2) is 0 Å². The van der Waals surface area contributed by atoms with Crippen LogP contribution in [-0.2, 0) is 14.4 Å². The highest BCUT2D eigenvalue weighted by molar-refractivity contribution is 5.90. The first kappa shape index (κ1) is 12.8. The third-order valence-corrected chi connectivity index (χ3v) is 2.76. The van der Waals surface area contributed by atoms with Crippen molar-refractivity contribution in [3.63, 3.8) is 0 Å². The van der Waals surface area contributed by atoms with Crippen molar-refractivity contribution in [1.29, 1.82) is 0 Å². The minimum absolute atomic E-state index is 0.123. The lowest BCUT2D eigenvalue weighted by atomic mass is 10.1. The van der Waals surface area contributed by atoms with Crippen molar-refractivity contribution in [2.75, 3.05) is 13.1 Å². The summed E-state index contributed by atoms with van der Waals surface area (Å²) in [5.41, 5.74) is 10.5. The molecule has 6 nitrogen and oxygen atoms in total. The van der Waals surface area contributed by atoms with Gasteiger partial charge in [0.15, 0.2) is 5.78 Å². The van der Waals surface area contributed by atoms with Crippen molar-refractivity contribution in [3.8, 4) is 0 Å². The highest BCUT2D eigenvalue weighted by atomic mass is 16.1. The van der Waals surface area contributed by atoms with Gasteiger partial charge >= 0.3 is 0 Å². The molecule has 1 saturated heterocycles. The molecule has 6 heteroatoms. The highest BCUT2D eigenvalue weighted by Crippen LogP contribution is 2.14. The molecule has 16 heavy (non-hydrogen) atoms. The predicted octanol–water partition coefficient (Wildman–Crippen LogP) is -1.58. The lowest BCUT2D eigenvalue weighted by Gasteiger charge is -2.20. The van der Waals surface area contributed by atoms with E-state index in [-0.39, 0.29) is 24.8 Å². The van der Waals surface area contributed by atoms with Gasteiger partial charge in [0.25, 0.3) is 0 Å². The van der Waals surface area contributed by atoms with Gasteiger partial charge in [-0.05, 0) is 19.4 Å². The van der Waals surface area contributed by atoms with Crippen LogP contribution in [0.2, 0.25) is 0 Å². The molecule has 1 fully saturated rings. The van der Waals surface area contributed by atoms with Gasteiger partial charge in [0.05, 0.1) is 18.6 Å². The average molecular weight is 227 g/mol. The first-order chi connectivity index (χ1) is 7.54. The van der Waals surface area contributed by atoms with Crippen LogP contribution in [-0.4, -0.2) is 48.0 Å². The number of carbonyl (C=O) groups is 3. The Morgan fingerprint density at radius 3 is 2.75 bits per heavy atom. The summed E-state index contributed by atoms with van der Waals surface area (Å²) >= 11 is 0. The molecule has 0 aromatic heterocycles. The van der Waals surface area contributed by atoms with E-state index in [1.807, 2.05) is 0 Å². The van der Waals surface area contributed by atoms with Crippen LogP contribution in [0.4, 0.5) is 0 Å². The molecule has 0 bridgehead atoms. The molecule has 0 aromatic rings. The first-order valence-electron chi connectivity index (χ1n) is 5.30. The minimum atomic E-state index is -0.856. The van der Waals surface area contributed by atoms with Gasteiger partial charge in [-0.1, -0.05) is 0 Å². The molecule has 0 aliphatic carbocycles. The van der Waals surface area contributed by atoms with E-state index in [0.717, 1.165) is 25.7 Å². The molecule has 1 aliphatic heterocycles. The summed E-state index contributed by atoms with van der Waals surface area (Å²) < 4.78 is 0. The number of likely N-dealkylation sites (tertiary alicyclic amines) is 1. The smallest absolute Gasteiger partial charge is 0.219 e. The lowest BCUT2D eigenvalue weighted by Crippen LogP contribution is -2.43. The molecule has 0 saturated carbocycles. The zero-order valence-electron chi connectivity index (χ0n) is 9.09. The molecule has 1 amide bonds. The molecule has 1 heterocycles. The van der Waals surface area contributed by atoms with Gasteiger partial charge in [-0.15, -0.1) is 0 Å². The molecule has 4 N–H and O–H groups in total. The zero-order valence-corrected chi connectivity index (χ0v) is 9.09. The van der Waals surface area contributed by atoms with E-state index >= 15 is 0 Å². The van der Waals surface area contributed by atoms with Crippen LogP contribution in [0.25, 0.3) is 0 Å². The molecular weight excluding hydrogens is 210 g/mol. The Bertz CT molecular complexity index is 293. The largest absolute Gasteiger partial charge is 0.370 e. The number of aldehydes is 1. The summed E-state index contributed by atoms with van der Waals surface area (Å²) in [6, 6.07) is -1.05. The Balaban J connectivity index is 2.44. The zero-order chi connectivity index (χ0) is 12.1. The number of hydrogen-bond acceptors (Lipinski definition) is 5. The van der Waals surface area contributed by atoms with Crippen molar-refractivity contribution in [2.45, 2.75) is 31.3 Å². The fourth-order valence-corrected chi connectivity index (χ4v) is 1.85. The Morgan fingerprint density at radius 2 is 2.19 bits per heavy atom. The van der Waals surface area contributed by atoms with Crippen LogP contribution in [0.1, 0.15) is 19.3 Å². The number of rotatable bonds is 6. The Hall–Kier alpha value is -1.27. The number of Topliss-reactive ketones (excluding diaryl/α,β-unsaturated/α-hetero) is 1. The fraction of sp³-hybridized carbons (Fsp3) is 0.700. The van der Waals surface area contributed by atoms with Crippen LogP contribution >= 0.6 is 0 Å². The molecule has 0 aromatic carbocycles. The maximum atomic E-state index is 11.6. The predicted molar refractivity (Wildman–Crippen MR) is 57.5 cm³/mol. The summed E-state index contributed by atoms with van der Waals surface area (Å²) in [5.74, 6) is -0.832. The van der Waals surface area contributed by atoms with E-state index in [2.05, 4.69) is 0 Å². The SMILES string of the molecule is NC(=O)C[C@H](N)C(=O)CN1CCC[C@H]1C=O. The third-order valence-electron chi connectivity index (χ3n) is 2.76. The molecule has 2 atom stereocenters. The normalized spacial score (nSPS) is 22.9. The molecule has 1 rings (SSSR count). The molecule has 90 valence electrons. The number of amides is 1. The van der Waals surface area contributed by atoms with Crippen molar-refractivity contribution in [3.05, 3.63) is 0 Å². The number of primary amides is 1. The topological polar surface area (TPSA) is 106 Å². The Kier molecular flexibility index (Phi) is 4.57. The van der Waals surface area contributed by atoms with E-state index in [9.17, 15) is 14.4 Å². The quantitative estimate of drug-likeness (QED) is 0.533. The van der Waals surface area contributed by atoms with Crippen molar-refractivity contribution >= 4 is 18.0 Å². The summed E-state index contributed by atoms with van der Waals surface area (Å²) in [4.78, 5) is 34.7. The molecule has 0 spiro atoms. The molecule has 0 radical (unpaired) electrons. The second kappa shape index (κ2) is 5.72. The van der Waals surface area contributed by atoms with Gasteiger partial charge in [0.2, 0.25) is 5.91 Å². The number of nitrogens with zero attached hydrogens (tertiary/aromatic N) is 1. The van der Waals surface area contributed by atoms with Gasteiger partial charge in [-0.3, -0.25) is 14.5 Å². The van der Waals surface area contributed by atoms with Crippen LogP contribution in [0.15, 0.2) is 0 Å².